The summed E-state index contributed by atoms with van der Waals surface area (Å²) in [6.45, 7) is 10.8. The number of nitrogens with two attached hydrogens (primary N) is 1. The highest BCUT2D eigenvalue weighted by molar-refractivity contribution is 5.66. The fourth-order valence-corrected chi connectivity index (χ4v) is 2.49. The van der Waals surface area contributed by atoms with Crippen LogP contribution in [0.3, 0.4) is 0 Å². The summed E-state index contributed by atoms with van der Waals surface area (Å²) in [6, 6.07) is 0. The van der Waals surface area contributed by atoms with Gasteiger partial charge in [0.25, 0.3) is 0 Å². The Morgan fingerprint density at radius 1 is 1.35 bits per heavy atom. The van der Waals surface area contributed by atoms with Gasteiger partial charge in [-0.15, -0.1) is 0 Å². The highest BCUT2D eigenvalue weighted by atomic mass is 16.5. The van der Waals surface area contributed by atoms with Crippen LogP contribution in [0.2, 0.25) is 0 Å². The Labute approximate surface area is 103 Å². The van der Waals surface area contributed by atoms with Gasteiger partial charge in [-0.1, -0.05) is 0 Å². The standard InChI is InChI=1S/C12H22N4O/c1-5-16-12(11(13)10(4)14-16)15-6-8(2)17-9(3)7-15/h8-9H,5-7,13H2,1-4H3/t8-,9+. The Morgan fingerprint density at radius 3 is 2.47 bits per heavy atom. The van der Waals surface area contributed by atoms with Crippen LogP contribution in [0.25, 0.3) is 0 Å². The predicted octanol–water partition coefficient (Wildman–Crippen LogP) is 1.41. The Morgan fingerprint density at radius 2 is 1.94 bits per heavy atom. The molecule has 0 spiro atoms. The van der Waals surface area contributed by atoms with E-state index in [2.05, 4.69) is 30.8 Å². The topological polar surface area (TPSA) is 56.3 Å². The van der Waals surface area contributed by atoms with E-state index in [1.165, 1.54) is 0 Å². The minimum atomic E-state index is 0.235. The molecule has 0 aromatic carbocycles. The number of nitrogen functional groups attached to an aromatic ring is 1. The van der Waals surface area contributed by atoms with E-state index < -0.39 is 0 Å². The second-order valence-corrected chi connectivity index (χ2v) is 4.80. The van der Waals surface area contributed by atoms with Gasteiger partial charge in [-0.2, -0.15) is 5.10 Å². The van der Waals surface area contributed by atoms with E-state index in [1.54, 1.807) is 0 Å². The van der Waals surface area contributed by atoms with Crippen LogP contribution in [0.5, 0.6) is 0 Å². The fraction of sp³-hybridized carbons (Fsp3) is 0.750. The molecule has 1 aromatic rings. The molecule has 96 valence electrons. The van der Waals surface area contributed by atoms with Crippen LogP contribution in [0.15, 0.2) is 0 Å². The zero-order chi connectivity index (χ0) is 12.6. The predicted molar refractivity (Wildman–Crippen MR) is 69.3 cm³/mol. The van der Waals surface area contributed by atoms with Crippen LogP contribution >= 0.6 is 0 Å². The van der Waals surface area contributed by atoms with Crippen LogP contribution in [-0.2, 0) is 11.3 Å². The van der Waals surface area contributed by atoms with E-state index in [0.717, 1.165) is 36.8 Å². The molecule has 2 heterocycles. The van der Waals surface area contributed by atoms with Crippen molar-refractivity contribution in [2.45, 2.75) is 46.4 Å². The van der Waals surface area contributed by atoms with Gasteiger partial charge >= 0.3 is 0 Å². The molecule has 2 N–H and O–H groups in total. The molecule has 0 aliphatic carbocycles. The summed E-state index contributed by atoms with van der Waals surface area (Å²) < 4.78 is 7.73. The third-order valence-electron chi connectivity index (χ3n) is 3.16. The molecule has 17 heavy (non-hydrogen) atoms. The maximum Gasteiger partial charge on any atom is 0.150 e. The number of hydrogen-bond acceptors (Lipinski definition) is 4. The molecular formula is C12H22N4O. The van der Waals surface area contributed by atoms with Crippen molar-refractivity contribution in [2.75, 3.05) is 23.7 Å². The molecular weight excluding hydrogens is 216 g/mol. The van der Waals surface area contributed by atoms with Crippen molar-refractivity contribution in [3.05, 3.63) is 5.69 Å². The summed E-state index contributed by atoms with van der Waals surface area (Å²) >= 11 is 0. The number of nitrogens with zero attached hydrogens (tertiary/aromatic N) is 3. The van der Waals surface area contributed by atoms with Gasteiger partial charge in [0, 0.05) is 19.6 Å². The van der Waals surface area contributed by atoms with E-state index in [4.69, 9.17) is 10.5 Å². The van der Waals surface area contributed by atoms with Crippen LogP contribution in [0, 0.1) is 6.92 Å². The Balaban J connectivity index is 2.32. The molecule has 1 aromatic heterocycles. The van der Waals surface area contributed by atoms with Crippen molar-refractivity contribution < 1.29 is 4.74 Å². The number of morpholine rings is 1. The third kappa shape index (κ3) is 2.24. The minimum Gasteiger partial charge on any atom is -0.394 e. The largest absolute Gasteiger partial charge is 0.394 e. The molecule has 1 aliphatic heterocycles. The molecule has 0 radical (unpaired) electrons. The van der Waals surface area contributed by atoms with Gasteiger partial charge in [0.15, 0.2) is 5.82 Å². The normalized spacial score (nSPS) is 25.3. The van der Waals surface area contributed by atoms with Crippen molar-refractivity contribution in [1.29, 1.82) is 0 Å². The molecule has 0 bridgehead atoms. The third-order valence-corrected chi connectivity index (χ3v) is 3.16. The Bertz CT molecular complexity index is 391. The zero-order valence-electron chi connectivity index (χ0n) is 11.1. The molecule has 5 nitrogen and oxygen atoms in total. The van der Waals surface area contributed by atoms with Crippen LogP contribution in [0.4, 0.5) is 11.5 Å². The Kier molecular flexibility index (Phi) is 3.28. The molecule has 1 aliphatic rings. The maximum absolute atomic E-state index is 6.13. The number of ether oxygens (including phenoxy) is 1. The lowest BCUT2D eigenvalue weighted by Crippen LogP contribution is -2.46. The highest BCUT2D eigenvalue weighted by Gasteiger charge is 2.26. The summed E-state index contributed by atoms with van der Waals surface area (Å²) in [6.07, 6.45) is 0.470. The lowest BCUT2D eigenvalue weighted by atomic mass is 10.2. The van der Waals surface area contributed by atoms with Gasteiger partial charge in [0.2, 0.25) is 0 Å². The lowest BCUT2D eigenvalue weighted by molar-refractivity contribution is -0.00564. The second kappa shape index (κ2) is 4.56. The monoisotopic (exact) mass is 238 g/mol. The number of rotatable bonds is 2. The van der Waals surface area contributed by atoms with Crippen molar-refractivity contribution in [1.82, 2.24) is 9.78 Å². The van der Waals surface area contributed by atoms with Crippen molar-refractivity contribution in [2.24, 2.45) is 0 Å². The molecule has 2 rings (SSSR count). The average molecular weight is 238 g/mol. The van der Waals surface area contributed by atoms with Gasteiger partial charge in [-0.3, -0.25) is 0 Å². The van der Waals surface area contributed by atoms with Crippen molar-refractivity contribution in [3.8, 4) is 0 Å². The zero-order valence-corrected chi connectivity index (χ0v) is 11.1. The smallest absolute Gasteiger partial charge is 0.150 e. The SMILES string of the molecule is CCn1nc(C)c(N)c1N1C[C@@H](C)O[C@@H](C)C1. The van der Waals surface area contributed by atoms with Crippen LogP contribution in [-0.4, -0.2) is 35.1 Å². The van der Waals surface area contributed by atoms with Gasteiger partial charge in [-0.25, -0.2) is 4.68 Å². The lowest BCUT2D eigenvalue weighted by Gasteiger charge is -2.36. The first kappa shape index (κ1) is 12.2. The first-order chi connectivity index (χ1) is 8.02. The van der Waals surface area contributed by atoms with E-state index in [-0.39, 0.29) is 12.2 Å². The number of aromatic nitrogens is 2. The van der Waals surface area contributed by atoms with Gasteiger partial charge in [0.05, 0.1) is 23.6 Å². The number of hydrogen-bond donors (Lipinski definition) is 1. The maximum atomic E-state index is 6.13. The first-order valence-corrected chi connectivity index (χ1v) is 6.26. The average Bonchev–Trinajstić information content (AvgIpc) is 2.53. The van der Waals surface area contributed by atoms with Crippen molar-refractivity contribution in [3.63, 3.8) is 0 Å². The highest BCUT2D eigenvalue weighted by Crippen LogP contribution is 2.28. The summed E-state index contributed by atoms with van der Waals surface area (Å²) in [5.74, 6) is 1.05. The van der Waals surface area contributed by atoms with E-state index >= 15 is 0 Å². The number of anilines is 2. The Hall–Kier alpha value is -1.23. The summed E-state index contributed by atoms with van der Waals surface area (Å²) in [5, 5.41) is 4.46. The van der Waals surface area contributed by atoms with Crippen LogP contribution < -0.4 is 10.6 Å². The molecule has 0 saturated carbocycles. The molecule has 0 amide bonds. The van der Waals surface area contributed by atoms with E-state index in [0.29, 0.717) is 0 Å². The van der Waals surface area contributed by atoms with Gasteiger partial charge < -0.3 is 15.4 Å². The van der Waals surface area contributed by atoms with Gasteiger partial charge in [0.1, 0.15) is 0 Å². The first-order valence-electron chi connectivity index (χ1n) is 6.26. The van der Waals surface area contributed by atoms with E-state index in [9.17, 15) is 0 Å². The number of aryl methyl sites for hydroxylation is 2. The molecule has 5 heteroatoms. The minimum absolute atomic E-state index is 0.235. The fourth-order valence-electron chi connectivity index (χ4n) is 2.49. The molecule has 2 atom stereocenters. The summed E-state index contributed by atoms with van der Waals surface area (Å²) in [4.78, 5) is 2.29. The molecule has 1 saturated heterocycles. The van der Waals surface area contributed by atoms with Crippen LogP contribution in [0.1, 0.15) is 26.5 Å². The van der Waals surface area contributed by atoms with E-state index in [1.807, 2.05) is 11.6 Å². The second-order valence-electron chi connectivity index (χ2n) is 4.80. The summed E-state index contributed by atoms with van der Waals surface area (Å²) in [7, 11) is 0. The summed E-state index contributed by atoms with van der Waals surface area (Å²) in [5.41, 5.74) is 7.84. The quantitative estimate of drug-likeness (QED) is 0.846. The molecule has 0 unspecified atom stereocenters. The van der Waals surface area contributed by atoms with Gasteiger partial charge in [-0.05, 0) is 27.7 Å². The van der Waals surface area contributed by atoms with Crippen molar-refractivity contribution >= 4 is 11.5 Å². The molecule has 1 fully saturated rings.